The maximum absolute atomic E-state index is 10.6. The summed E-state index contributed by atoms with van der Waals surface area (Å²) in [6, 6.07) is 0.119. The number of rotatable bonds is 3. The van der Waals surface area contributed by atoms with Crippen molar-refractivity contribution >= 4 is 6.03 Å². The number of amides is 2. The fourth-order valence-corrected chi connectivity index (χ4v) is 1.30. The number of nitrogens with zero attached hydrogens (tertiary/aromatic N) is 2. The minimum atomic E-state index is -0.326. The van der Waals surface area contributed by atoms with E-state index in [1.165, 1.54) is 0 Å². The van der Waals surface area contributed by atoms with Crippen LogP contribution in [0.2, 0.25) is 0 Å². The Hall–Kier alpha value is -0.810. The summed E-state index contributed by atoms with van der Waals surface area (Å²) in [6.45, 7) is 3.01. The minimum Gasteiger partial charge on any atom is -0.351 e. The second kappa shape index (κ2) is 3.73. The third-order valence-corrected chi connectivity index (χ3v) is 2.28. The fraction of sp³-hybridized carbons (Fsp3) is 0.857. The maximum atomic E-state index is 10.6. The molecule has 0 aliphatic carbocycles. The van der Waals surface area contributed by atoms with Gasteiger partial charge in [-0.2, -0.15) is 0 Å². The number of hydrogen-bond acceptors (Lipinski definition) is 3. The second-order valence-corrected chi connectivity index (χ2v) is 3.17. The van der Waals surface area contributed by atoms with Gasteiger partial charge in [0.1, 0.15) is 0 Å². The lowest BCUT2D eigenvalue weighted by Crippen LogP contribution is -2.61. The van der Waals surface area contributed by atoms with E-state index in [2.05, 4.69) is 4.90 Å². The summed E-state index contributed by atoms with van der Waals surface area (Å²) in [7, 11) is 2.01. The van der Waals surface area contributed by atoms with Gasteiger partial charge in [-0.25, -0.2) is 4.79 Å². The fourth-order valence-electron chi connectivity index (χ4n) is 1.30. The van der Waals surface area contributed by atoms with Gasteiger partial charge in [-0.15, -0.1) is 0 Å². The van der Waals surface area contributed by atoms with Crippen LogP contribution in [-0.2, 0) is 0 Å². The standard InChI is InChI=1S/C7H16N4O/c1-10(3-2-8)6-4-11(5-6)7(9)12/h6H,2-5,8H2,1H3,(H2,9,12). The summed E-state index contributed by atoms with van der Waals surface area (Å²) in [5.74, 6) is 0. The van der Waals surface area contributed by atoms with Gasteiger partial charge in [-0.05, 0) is 7.05 Å². The van der Waals surface area contributed by atoms with Gasteiger partial charge in [0.25, 0.3) is 0 Å². The Balaban J connectivity index is 2.20. The predicted molar refractivity (Wildman–Crippen MR) is 46.6 cm³/mol. The van der Waals surface area contributed by atoms with E-state index in [0.717, 1.165) is 19.6 Å². The molecule has 0 atom stereocenters. The van der Waals surface area contributed by atoms with Crippen molar-refractivity contribution in [1.82, 2.24) is 9.80 Å². The van der Waals surface area contributed by atoms with Gasteiger partial charge in [-0.1, -0.05) is 0 Å². The number of nitrogens with two attached hydrogens (primary N) is 2. The summed E-state index contributed by atoms with van der Waals surface area (Å²) in [5.41, 5.74) is 10.5. The number of primary amides is 1. The minimum absolute atomic E-state index is 0.326. The molecule has 4 N–H and O–H groups in total. The Labute approximate surface area is 72.3 Å². The van der Waals surface area contributed by atoms with Crippen LogP contribution < -0.4 is 11.5 Å². The van der Waals surface area contributed by atoms with Gasteiger partial charge in [-0.3, -0.25) is 4.90 Å². The van der Waals surface area contributed by atoms with Crippen molar-refractivity contribution < 1.29 is 4.79 Å². The van der Waals surface area contributed by atoms with Gasteiger partial charge in [0.15, 0.2) is 0 Å². The molecule has 0 aromatic carbocycles. The Morgan fingerprint density at radius 2 is 2.25 bits per heavy atom. The topological polar surface area (TPSA) is 75.6 Å². The van der Waals surface area contributed by atoms with Crippen LogP contribution >= 0.6 is 0 Å². The number of carbonyl (C=O) groups excluding carboxylic acids is 1. The lowest BCUT2D eigenvalue weighted by molar-refractivity contribution is 0.0787. The van der Waals surface area contributed by atoms with E-state index in [9.17, 15) is 4.79 Å². The normalized spacial score (nSPS) is 18.1. The third kappa shape index (κ3) is 1.86. The van der Waals surface area contributed by atoms with Crippen LogP contribution in [0.15, 0.2) is 0 Å². The number of urea groups is 1. The van der Waals surface area contributed by atoms with E-state index in [1.807, 2.05) is 7.05 Å². The molecule has 1 aliphatic heterocycles. The Morgan fingerprint density at radius 1 is 1.67 bits per heavy atom. The van der Waals surface area contributed by atoms with Crippen LogP contribution in [0.3, 0.4) is 0 Å². The second-order valence-electron chi connectivity index (χ2n) is 3.17. The van der Waals surface area contributed by atoms with Crippen LogP contribution in [0, 0.1) is 0 Å². The smallest absolute Gasteiger partial charge is 0.314 e. The number of likely N-dealkylation sites (tertiary alicyclic amines) is 1. The van der Waals surface area contributed by atoms with Crippen LogP contribution in [0.1, 0.15) is 0 Å². The molecule has 12 heavy (non-hydrogen) atoms. The van der Waals surface area contributed by atoms with Gasteiger partial charge in [0.2, 0.25) is 0 Å². The molecular weight excluding hydrogens is 156 g/mol. The quantitative estimate of drug-likeness (QED) is 0.552. The SMILES string of the molecule is CN(CCN)C1CN(C(N)=O)C1. The van der Waals surface area contributed by atoms with Gasteiger partial charge < -0.3 is 16.4 Å². The van der Waals surface area contributed by atoms with Crippen molar-refractivity contribution in [2.45, 2.75) is 6.04 Å². The largest absolute Gasteiger partial charge is 0.351 e. The van der Waals surface area contributed by atoms with E-state index < -0.39 is 0 Å². The molecule has 5 heteroatoms. The third-order valence-electron chi connectivity index (χ3n) is 2.28. The molecule has 5 nitrogen and oxygen atoms in total. The van der Waals surface area contributed by atoms with E-state index in [1.54, 1.807) is 4.90 Å². The van der Waals surface area contributed by atoms with E-state index >= 15 is 0 Å². The molecule has 0 unspecified atom stereocenters. The van der Waals surface area contributed by atoms with Gasteiger partial charge >= 0.3 is 6.03 Å². The van der Waals surface area contributed by atoms with Gasteiger partial charge in [0.05, 0.1) is 0 Å². The Bertz CT molecular complexity index is 167. The molecular formula is C7H16N4O. The maximum Gasteiger partial charge on any atom is 0.314 e. The van der Waals surface area contributed by atoms with Crippen LogP contribution in [0.4, 0.5) is 4.79 Å². The zero-order chi connectivity index (χ0) is 9.14. The molecule has 1 saturated heterocycles. The summed E-state index contributed by atoms with van der Waals surface area (Å²) in [4.78, 5) is 14.4. The number of carbonyl (C=O) groups is 1. The number of likely N-dealkylation sites (N-methyl/N-ethyl adjacent to an activating group) is 1. The summed E-state index contributed by atoms with van der Waals surface area (Å²) in [5, 5.41) is 0. The van der Waals surface area contributed by atoms with Crippen molar-refractivity contribution in [2.75, 3.05) is 33.2 Å². The Kier molecular flexibility index (Phi) is 2.88. The van der Waals surface area contributed by atoms with Gasteiger partial charge in [0, 0.05) is 32.2 Å². The lowest BCUT2D eigenvalue weighted by Gasteiger charge is -2.42. The summed E-state index contributed by atoms with van der Waals surface area (Å²) >= 11 is 0. The number of hydrogen-bond donors (Lipinski definition) is 2. The molecule has 0 spiro atoms. The average Bonchev–Trinajstić information content (AvgIpc) is 1.82. The van der Waals surface area contributed by atoms with E-state index in [-0.39, 0.29) is 6.03 Å². The highest BCUT2D eigenvalue weighted by Gasteiger charge is 2.31. The lowest BCUT2D eigenvalue weighted by atomic mass is 10.1. The first-order valence-corrected chi connectivity index (χ1v) is 4.10. The van der Waals surface area contributed by atoms with Crippen LogP contribution in [0.5, 0.6) is 0 Å². The molecule has 2 amide bonds. The molecule has 1 rings (SSSR count). The molecule has 1 fully saturated rings. The molecule has 0 aromatic rings. The molecule has 1 heterocycles. The molecule has 1 aliphatic rings. The van der Waals surface area contributed by atoms with Crippen molar-refractivity contribution in [3.63, 3.8) is 0 Å². The first-order valence-electron chi connectivity index (χ1n) is 4.10. The van der Waals surface area contributed by atoms with Crippen molar-refractivity contribution in [1.29, 1.82) is 0 Å². The zero-order valence-electron chi connectivity index (χ0n) is 7.36. The predicted octanol–water partition coefficient (Wildman–Crippen LogP) is -1.36. The molecule has 70 valence electrons. The van der Waals surface area contributed by atoms with E-state index in [4.69, 9.17) is 11.5 Å². The van der Waals surface area contributed by atoms with Crippen LogP contribution in [0.25, 0.3) is 0 Å². The first-order chi connectivity index (χ1) is 5.65. The Morgan fingerprint density at radius 3 is 2.67 bits per heavy atom. The van der Waals surface area contributed by atoms with E-state index in [0.29, 0.717) is 12.6 Å². The van der Waals surface area contributed by atoms with Crippen LogP contribution in [-0.4, -0.2) is 55.1 Å². The zero-order valence-corrected chi connectivity index (χ0v) is 7.36. The van der Waals surface area contributed by atoms with Crippen molar-refractivity contribution in [2.24, 2.45) is 11.5 Å². The molecule has 0 radical (unpaired) electrons. The molecule has 0 saturated carbocycles. The highest BCUT2D eigenvalue weighted by molar-refractivity contribution is 5.73. The monoisotopic (exact) mass is 172 g/mol. The average molecular weight is 172 g/mol. The van der Waals surface area contributed by atoms with Crippen molar-refractivity contribution in [3.05, 3.63) is 0 Å². The molecule has 0 aromatic heterocycles. The summed E-state index contributed by atoms with van der Waals surface area (Å²) in [6.07, 6.45) is 0. The highest BCUT2D eigenvalue weighted by Crippen LogP contribution is 2.11. The van der Waals surface area contributed by atoms with Crippen molar-refractivity contribution in [3.8, 4) is 0 Å². The highest BCUT2D eigenvalue weighted by atomic mass is 16.2. The molecule has 0 bridgehead atoms. The first kappa shape index (κ1) is 9.28. The summed E-state index contributed by atoms with van der Waals surface area (Å²) < 4.78 is 0.